The largest absolute Gasteiger partial charge is 0.113 e. The zero-order valence-electron chi connectivity index (χ0n) is 8.63. The summed E-state index contributed by atoms with van der Waals surface area (Å²) in [5, 5.41) is 0.482. The second kappa shape index (κ2) is 5.75. The van der Waals surface area contributed by atoms with Gasteiger partial charge in [0.15, 0.2) is 0 Å². The second-order valence-electron chi connectivity index (χ2n) is 3.62. The van der Waals surface area contributed by atoms with Crippen molar-refractivity contribution in [3.05, 3.63) is 67.6 Å². The molecule has 0 aliphatic rings. The first-order valence-electron chi connectivity index (χ1n) is 4.92. The number of benzene rings is 2. The predicted octanol–water partition coefficient (Wildman–Crippen LogP) is 6.19. The number of rotatable bonds is 2. The standard InChI is InChI=1S/C13H8Br2Cl2/c14-10-3-1-8(2-4-10)13(17)9-5-11(15)7-12(16)6-9/h1-7,13H. The van der Waals surface area contributed by atoms with E-state index in [0.717, 1.165) is 20.1 Å². The summed E-state index contributed by atoms with van der Waals surface area (Å²) in [4.78, 5) is 0. The Morgan fingerprint density at radius 2 is 1.47 bits per heavy atom. The van der Waals surface area contributed by atoms with Crippen molar-refractivity contribution < 1.29 is 0 Å². The number of halogens is 4. The van der Waals surface area contributed by atoms with Gasteiger partial charge in [-0.15, -0.1) is 11.6 Å². The van der Waals surface area contributed by atoms with E-state index in [2.05, 4.69) is 31.9 Å². The molecule has 0 saturated carbocycles. The molecule has 2 aromatic rings. The van der Waals surface area contributed by atoms with Crippen LogP contribution in [0.1, 0.15) is 16.5 Å². The van der Waals surface area contributed by atoms with Crippen molar-refractivity contribution in [2.24, 2.45) is 0 Å². The molecule has 0 fully saturated rings. The van der Waals surface area contributed by atoms with Crippen molar-refractivity contribution >= 4 is 55.1 Å². The normalized spacial score (nSPS) is 12.5. The van der Waals surface area contributed by atoms with Gasteiger partial charge in [-0.05, 0) is 41.5 Å². The van der Waals surface area contributed by atoms with Crippen LogP contribution in [0.3, 0.4) is 0 Å². The Morgan fingerprint density at radius 1 is 0.824 bits per heavy atom. The Morgan fingerprint density at radius 3 is 2.06 bits per heavy atom. The van der Waals surface area contributed by atoms with Crippen molar-refractivity contribution in [1.29, 1.82) is 0 Å². The number of hydrogen-bond acceptors (Lipinski definition) is 0. The maximum atomic E-state index is 6.43. The van der Waals surface area contributed by atoms with Crippen LogP contribution >= 0.6 is 55.1 Å². The molecule has 0 aromatic heterocycles. The monoisotopic (exact) mass is 392 g/mol. The molecule has 17 heavy (non-hydrogen) atoms. The van der Waals surface area contributed by atoms with Gasteiger partial charge in [0.25, 0.3) is 0 Å². The quantitative estimate of drug-likeness (QED) is 0.532. The van der Waals surface area contributed by atoms with Crippen LogP contribution in [0.2, 0.25) is 5.02 Å². The Labute approximate surface area is 127 Å². The summed E-state index contributed by atoms with van der Waals surface area (Å²) >= 11 is 19.3. The molecule has 0 aliphatic carbocycles. The Bertz CT molecular complexity index is 503. The lowest BCUT2D eigenvalue weighted by atomic mass is 10.0. The molecular formula is C13H8Br2Cl2. The van der Waals surface area contributed by atoms with Gasteiger partial charge in [-0.2, -0.15) is 0 Å². The Balaban J connectivity index is 2.36. The highest BCUT2D eigenvalue weighted by Gasteiger charge is 2.11. The maximum Gasteiger partial charge on any atom is 0.0836 e. The van der Waals surface area contributed by atoms with Crippen molar-refractivity contribution in [2.75, 3.05) is 0 Å². The van der Waals surface area contributed by atoms with Crippen LogP contribution in [0.25, 0.3) is 0 Å². The van der Waals surface area contributed by atoms with E-state index in [1.807, 2.05) is 42.5 Å². The molecule has 0 radical (unpaired) electrons. The third kappa shape index (κ3) is 3.47. The minimum absolute atomic E-state index is 0.196. The third-order valence-electron chi connectivity index (χ3n) is 2.34. The molecule has 0 amide bonds. The topological polar surface area (TPSA) is 0 Å². The summed E-state index contributed by atoms with van der Waals surface area (Å²) in [6.07, 6.45) is 0. The van der Waals surface area contributed by atoms with Crippen molar-refractivity contribution in [1.82, 2.24) is 0 Å². The highest BCUT2D eigenvalue weighted by atomic mass is 79.9. The van der Waals surface area contributed by atoms with E-state index in [4.69, 9.17) is 23.2 Å². The summed E-state index contributed by atoms with van der Waals surface area (Å²) < 4.78 is 1.97. The first-order chi connectivity index (χ1) is 8.06. The van der Waals surface area contributed by atoms with Gasteiger partial charge in [0.05, 0.1) is 5.38 Å². The average molecular weight is 395 g/mol. The van der Waals surface area contributed by atoms with E-state index >= 15 is 0 Å². The molecule has 4 heteroatoms. The second-order valence-corrected chi connectivity index (χ2v) is 6.32. The summed E-state index contributed by atoms with van der Waals surface area (Å²) in [5.41, 5.74) is 2.03. The van der Waals surface area contributed by atoms with Crippen LogP contribution in [0.15, 0.2) is 51.4 Å². The minimum Gasteiger partial charge on any atom is -0.113 e. The van der Waals surface area contributed by atoms with Gasteiger partial charge in [0.2, 0.25) is 0 Å². The molecule has 1 atom stereocenters. The van der Waals surface area contributed by atoms with Crippen molar-refractivity contribution in [3.8, 4) is 0 Å². The SMILES string of the molecule is Clc1cc(Br)cc(C(Cl)c2ccc(Br)cc2)c1. The number of alkyl halides is 1. The first kappa shape index (κ1) is 13.4. The van der Waals surface area contributed by atoms with E-state index in [1.165, 1.54) is 0 Å². The highest BCUT2D eigenvalue weighted by molar-refractivity contribution is 9.10. The summed E-state index contributed by atoms with van der Waals surface area (Å²) in [6, 6.07) is 13.6. The molecule has 0 N–H and O–H groups in total. The fourth-order valence-electron chi connectivity index (χ4n) is 1.55. The molecule has 0 saturated heterocycles. The smallest absolute Gasteiger partial charge is 0.0836 e. The van der Waals surface area contributed by atoms with Crippen molar-refractivity contribution in [3.63, 3.8) is 0 Å². The van der Waals surface area contributed by atoms with E-state index < -0.39 is 0 Å². The lowest BCUT2D eigenvalue weighted by Crippen LogP contribution is -1.93. The van der Waals surface area contributed by atoms with E-state index in [-0.39, 0.29) is 5.38 Å². The minimum atomic E-state index is -0.196. The Hall–Kier alpha value is -0.0200. The molecule has 0 aliphatic heterocycles. The van der Waals surface area contributed by atoms with E-state index in [1.54, 1.807) is 0 Å². The van der Waals surface area contributed by atoms with Crippen LogP contribution in [0, 0.1) is 0 Å². The fraction of sp³-hybridized carbons (Fsp3) is 0.0769. The van der Waals surface area contributed by atoms with Gasteiger partial charge in [-0.1, -0.05) is 55.6 Å². The molecule has 1 unspecified atom stereocenters. The van der Waals surface area contributed by atoms with Crippen molar-refractivity contribution in [2.45, 2.75) is 5.38 Å². The summed E-state index contributed by atoms with van der Waals surface area (Å²) in [6.45, 7) is 0. The molecule has 88 valence electrons. The zero-order chi connectivity index (χ0) is 12.4. The predicted molar refractivity (Wildman–Crippen MR) is 81.0 cm³/mol. The van der Waals surface area contributed by atoms with Gasteiger partial charge in [-0.25, -0.2) is 0 Å². The van der Waals surface area contributed by atoms with Gasteiger partial charge in [-0.3, -0.25) is 0 Å². The highest BCUT2D eigenvalue weighted by Crippen LogP contribution is 2.33. The van der Waals surface area contributed by atoms with E-state index in [0.29, 0.717) is 5.02 Å². The Kier molecular flexibility index (Phi) is 4.53. The maximum absolute atomic E-state index is 6.43. The summed E-state index contributed by atoms with van der Waals surface area (Å²) in [7, 11) is 0. The van der Waals surface area contributed by atoms with Crippen LogP contribution in [-0.4, -0.2) is 0 Å². The van der Waals surface area contributed by atoms with Crippen LogP contribution < -0.4 is 0 Å². The lowest BCUT2D eigenvalue weighted by molar-refractivity contribution is 1.14. The van der Waals surface area contributed by atoms with Crippen LogP contribution in [0.5, 0.6) is 0 Å². The molecule has 0 spiro atoms. The molecule has 0 heterocycles. The molecule has 0 nitrogen and oxygen atoms in total. The molecular weight excluding hydrogens is 387 g/mol. The van der Waals surface area contributed by atoms with E-state index in [9.17, 15) is 0 Å². The molecule has 0 bridgehead atoms. The molecule has 2 aromatic carbocycles. The van der Waals surface area contributed by atoms with Gasteiger partial charge in [0.1, 0.15) is 0 Å². The summed E-state index contributed by atoms with van der Waals surface area (Å²) in [5.74, 6) is 0. The van der Waals surface area contributed by atoms with Gasteiger partial charge >= 0.3 is 0 Å². The van der Waals surface area contributed by atoms with Gasteiger partial charge < -0.3 is 0 Å². The lowest BCUT2D eigenvalue weighted by Gasteiger charge is -2.11. The first-order valence-corrected chi connectivity index (χ1v) is 7.32. The molecule has 2 rings (SSSR count). The van der Waals surface area contributed by atoms with Crippen LogP contribution in [0.4, 0.5) is 0 Å². The zero-order valence-corrected chi connectivity index (χ0v) is 13.3. The van der Waals surface area contributed by atoms with Crippen LogP contribution in [-0.2, 0) is 0 Å². The number of hydrogen-bond donors (Lipinski definition) is 0. The third-order valence-corrected chi connectivity index (χ3v) is 4.05. The average Bonchev–Trinajstić information content (AvgIpc) is 2.28. The van der Waals surface area contributed by atoms with Gasteiger partial charge in [0, 0.05) is 14.0 Å². The fourth-order valence-corrected chi connectivity index (χ4v) is 2.97.